The number of benzene rings is 1. The molecule has 1 heterocycles. The fraction of sp³-hybridized carbons (Fsp3) is 0.444. The first-order valence-electron chi connectivity index (χ1n) is 8.36. The molecule has 7 heteroatoms. The number of hydrogen-bond acceptors (Lipinski definition) is 4. The summed E-state index contributed by atoms with van der Waals surface area (Å²) in [5.41, 5.74) is 0.915. The number of nitrogens with one attached hydrogen (secondary N) is 2. The van der Waals surface area contributed by atoms with Crippen molar-refractivity contribution in [3.63, 3.8) is 0 Å². The molecular formula is C18H25FN4O2. The van der Waals surface area contributed by atoms with Crippen LogP contribution in [0.4, 0.5) is 4.39 Å². The van der Waals surface area contributed by atoms with Crippen LogP contribution in [0.3, 0.4) is 0 Å². The van der Waals surface area contributed by atoms with Crippen LogP contribution < -0.4 is 10.6 Å². The number of likely N-dealkylation sites (N-methyl/N-ethyl adjacent to an activating group) is 1. The summed E-state index contributed by atoms with van der Waals surface area (Å²) in [5.74, 6) is -1.66. The van der Waals surface area contributed by atoms with E-state index >= 15 is 0 Å². The van der Waals surface area contributed by atoms with Gasteiger partial charge >= 0.3 is 11.8 Å². The number of carbonyl (C=O) groups is 2. The molecule has 1 aliphatic rings. The van der Waals surface area contributed by atoms with Crippen LogP contribution in [0.15, 0.2) is 36.9 Å². The van der Waals surface area contributed by atoms with Crippen LogP contribution in [0.5, 0.6) is 0 Å². The Hall–Kier alpha value is -2.25. The second-order valence-corrected chi connectivity index (χ2v) is 6.12. The summed E-state index contributed by atoms with van der Waals surface area (Å²) in [6, 6.07) is 6.17. The highest BCUT2D eigenvalue weighted by molar-refractivity contribution is 6.35. The van der Waals surface area contributed by atoms with E-state index in [2.05, 4.69) is 34.1 Å². The van der Waals surface area contributed by atoms with Crippen molar-refractivity contribution in [1.29, 1.82) is 0 Å². The van der Waals surface area contributed by atoms with E-state index in [1.54, 1.807) is 12.1 Å². The molecule has 1 aliphatic heterocycles. The highest BCUT2D eigenvalue weighted by Gasteiger charge is 2.25. The summed E-state index contributed by atoms with van der Waals surface area (Å²) >= 11 is 0. The number of rotatable bonds is 6. The molecule has 0 aliphatic carbocycles. The summed E-state index contributed by atoms with van der Waals surface area (Å²) in [5, 5.41) is 5.13. The maximum atomic E-state index is 13.2. The van der Waals surface area contributed by atoms with Crippen molar-refractivity contribution in [2.24, 2.45) is 0 Å². The van der Waals surface area contributed by atoms with Gasteiger partial charge in [-0.3, -0.25) is 14.5 Å². The molecule has 1 aromatic rings. The molecule has 136 valence electrons. The molecule has 6 nitrogen and oxygen atoms in total. The van der Waals surface area contributed by atoms with E-state index < -0.39 is 11.8 Å². The number of piperazine rings is 1. The van der Waals surface area contributed by atoms with Crippen molar-refractivity contribution in [1.82, 2.24) is 20.4 Å². The second-order valence-electron chi connectivity index (χ2n) is 6.12. The molecule has 0 bridgehead atoms. The lowest BCUT2D eigenvalue weighted by Crippen LogP contribution is -2.49. The van der Waals surface area contributed by atoms with E-state index in [9.17, 15) is 14.0 Å². The lowest BCUT2D eigenvalue weighted by atomic mass is 10.0. The normalized spacial score (nSPS) is 16.9. The first-order chi connectivity index (χ1) is 12.0. The molecule has 25 heavy (non-hydrogen) atoms. The summed E-state index contributed by atoms with van der Waals surface area (Å²) in [7, 11) is 2.07. The van der Waals surface area contributed by atoms with Gasteiger partial charge in [-0.15, -0.1) is 6.58 Å². The van der Waals surface area contributed by atoms with Gasteiger partial charge in [-0.25, -0.2) is 4.39 Å². The molecule has 2 N–H and O–H groups in total. The average Bonchev–Trinajstić information content (AvgIpc) is 2.62. The van der Waals surface area contributed by atoms with Crippen molar-refractivity contribution in [3.8, 4) is 0 Å². The zero-order valence-corrected chi connectivity index (χ0v) is 14.5. The molecule has 2 amide bonds. The Kier molecular flexibility index (Phi) is 7.09. The third-order valence-corrected chi connectivity index (χ3v) is 4.30. The zero-order valence-electron chi connectivity index (χ0n) is 14.5. The Morgan fingerprint density at radius 1 is 1.16 bits per heavy atom. The standard InChI is InChI=1S/C18H25FN4O2/c1-3-8-20-17(24)18(25)21-13-16(14-4-6-15(19)7-5-14)23-11-9-22(2)10-12-23/h3-7,16H,1,8-13H2,2H3,(H,20,24)(H,21,25)/t16-/m0/s1. The van der Waals surface area contributed by atoms with Crippen molar-refractivity contribution in [2.45, 2.75) is 6.04 Å². The molecule has 1 atom stereocenters. The Labute approximate surface area is 147 Å². The summed E-state index contributed by atoms with van der Waals surface area (Å²) in [4.78, 5) is 28.1. The minimum Gasteiger partial charge on any atom is -0.346 e. The van der Waals surface area contributed by atoms with Crippen LogP contribution in [-0.2, 0) is 9.59 Å². The van der Waals surface area contributed by atoms with Crippen LogP contribution in [0.25, 0.3) is 0 Å². The van der Waals surface area contributed by atoms with Gasteiger partial charge < -0.3 is 15.5 Å². The minimum atomic E-state index is -0.684. The topological polar surface area (TPSA) is 64.7 Å². The SMILES string of the molecule is C=CCNC(=O)C(=O)NC[C@@H](c1ccc(F)cc1)N1CCN(C)CC1. The lowest BCUT2D eigenvalue weighted by molar-refractivity contribution is -0.139. The zero-order chi connectivity index (χ0) is 18.2. The highest BCUT2D eigenvalue weighted by atomic mass is 19.1. The number of hydrogen-bond donors (Lipinski definition) is 2. The van der Waals surface area contributed by atoms with Crippen LogP contribution in [0.2, 0.25) is 0 Å². The third kappa shape index (κ3) is 5.65. The molecule has 0 unspecified atom stereocenters. The van der Waals surface area contributed by atoms with E-state index in [0.29, 0.717) is 0 Å². The molecule has 1 saturated heterocycles. The van der Waals surface area contributed by atoms with Gasteiger partial charge in [-0.2, -0.15) is 0 Å². The third-order valence-electron chi connectivity index (χ3n) is 4.30. The van der Waals surface area contributed by atoms with Gasteiger partial charge in [0.05, 0.1) is 6.04 Å². The fourth-order valence-corrected chi connectivity index (χ4v) is 2.79. The average molecular weight is 348 g/mol. The monoisotopic (exact) mass is 348 g/mol. The quantitative estimate of drug-likeness (QED) is 0.582. The molecule has 0 aromatic heterocycles. The van der Waals surface area contributed by atoms with Crippen molar-refractivity contribution < 1.29 is 14.0 Å². The first kappa shape index (κ1) is 19.1. The largest absolute Gasteiger partial charge is 0.346 e. The summed E-state index contributed by atoms with van der Waals surface area (Å²) < 4.78 is 13.2. The maximum Gasteiger partial charge on any atom is 0.309 e. The first-order valence-corrected chi connectivity index (χ1v) is 8.36. The predicted molar refractivity (Wildman–Crippen MR) is 94.4 cm³/mol. The highest BCUT2D eigenvalue weighted by Crippen LogP contribution is 2.22. The van der Waals surface area contributed by atoms with Crippen LogP contribution >= 0.6 is 0 Å². The molecule has 0 radical (unpaired) electrons. The Balaban J connectivity index is 2.04. The van der Waals surface area contributed by atoms with Crippen molar-refractivity contribution in [3.05, 3.63) is 48.3 Å². The number of amides is 2. The van der Waals surface area contributed by atoms with Gasteiger partial charge in [0.2, 0.25) is 0 Å². The van der Waals surface area contributed by atoms with Crippen LogP contribution in [0, 0.1) is 5.82 Å². The number of halogens is 1. The minimum absolute atomic E-state index is 0.106. The molecule has 2 rings (SSSR count). The number of carbonyl (C=O) groups excluding carboxylic acids is 2. The number of nitrogens with zero attached hydrogens (tertiary/aromatic N) is 2. The van der Waals surface area contributed by atoms with Crippen LogP contribution in [0.1, 0.15) is 11.6 Å². The van der Waals surface area contributed by atoms with Crippen molar-refractivity contribution in [2.75, 3.05) is 46.3 Å². The summed E-state index contributed by atoms with van der Waals surface area (Å²) in [6.07, 6.45) is 1.51. The Bertz CT molecular complexity index is 598. The van der Waals surface area contributed by atoms with Crippen molar-refractivity contribution >= 4 is 11.8 Å². The molecule has 0 spiro atoms. The smallest absolute Gasteiger partial charge is 0.309 e. The van der Waals surface area contributed by atoms with E-state index in [-0.39, 0.29) is 24.9 Å². The van der Waals surface area contributed by atoms with Gasteiger partial charge in [0.15, 0.2) is 0 Å². The Morgan fingerprint density at radius 3 is 2.36 bits per heavy atom. The molecular weight excluding hydrogens is 323 g/mol. The molecule has 1 aromatic carbocycles. The fourth-order valence-electron chi connectivity index (χ4n) is 2.79. The van der Waals surface area contributed by atoms with Gasteiger partial charge in [-0.05, 0) is 24.7 Å². The maximum absolute atomic E-state index is 13.2. The van der Waals surface area contributed by atoms with Gasteiger partial charge in [0.1, 0.15) is 5.82 Å². The lowest BCUT2D eigenvalue weighted by Gasteiger charge is -2.38. The van der Waals surface area contributed by atoms with Gasteiger partial charge in [0, 0.05) is 39.3 Å². The van der Waals surface area contributed by atoms with E-state index in [0.717, 1.165) is 31.7 Å². The van der Waals surface area contributed by atoms with Crippen LogP contribution in [-0.4, -0.2) is 67.9 Å². The second kappa shape index (κ2) is 9.29. The van der Waals surface area contributed by atoms with E-state index in [4.69, 9.17) is 0 Å². The Morgan fingerprint density at radius 2 is 1.76 bits per heavy atom. The van der Waals surface area contributed by atoms with Gasteiger partial charge in [-0.1, -0.05) is 18.2 Å². The van der Waals surface area contributed by atoms with E-state index in [1.807, 2.05) is 0 Å². The molecule has 1 fully saturated rings. The predicted octanol–water partition coefficient (Wildman–Crippen LogP) is 0.533. The van der Waals surface area contributed by atoms with E-state index in [1.165, 1.54) is 18.2 Å². The van der Waals surface area contributed by atoms with Gasteiger partial charge in [0.25, 0.3) is 0 Å². The summed E-state index contributed by atoms with van der Waals surface area (Å²) in [6.45, 7) is 7.55. The molecule has 0 saturated carbocycles.